The Morgan fingerprint density at radius 3 is 2.66 bits per heavy atom. The van der Waals surface area contributed by atoms with Crippen molar-refractivity contribution < 1.29 is 9.53 Å². The molecule has 1 fully saturated rings. The molecule has 8 heteroatoms. The van der Waals surface area contributed by atoms with Gasteiger partial charge in [0.1, 0.15) is 17.9 Å². The van der Waals surface area contributed by atoms with E-state index in [0.29, 0.717) is 42.7 Å². The molecule has 3 aromatic rings. The number of para-hydroxylation sites is 1. The zero-order chi connectivity index (χ0) is 20.4. The summed E-state index contributed by atoms with van der Waals surface area (Å²) < 4.78 is 7.55. The van der Waals surface area contributed by atoms with E-state index in [0.717, 1.165) is 24.6 Å². The van der Waals surface area contributed by atoms with E-state index >= 15 is 0 Å². The molecule has 2 aromatic heterocycles. The number of carbonyl (C=O) groups excluding carboxylic acids is 1. The van der Waals surface area contributed by atoms with E-state index in [1.54, 1.807) is 6.33 Å². The molecule has 1 aromatic carbocycles. The van der Waals surface area contributed by atoms with Crippen LogP contribution in [0.2, 0.25) is 0 Å². The Morgan fingerprint density at radius 2 is 1.93 bits per heavy atom. The molecule has 0 unspecified atom stereocenters. The maximum Gasteiger partial charge on any atom is 0.257 e. The number of fused-ring (bicyclic) bond motifs is 1. The first kappa shape index (κ1) is 19.2. The van der Waals surface area contributed by atoms with Crippen LogP contribution in [0.15, 0.2) is 36.7 Å². The second kappa shape index (κ2) is 8.06. The first-order valence-electron chi connectivity index (χ1n) is 10.0. The van der Waals surface area contributed by atoms with Crippen molar-refractivity contribution in [3.63, 3.8) is 0 Å². The van der Waals surface area contributed by atoms with Crippen molar-refractivity contribution in [3.8, 4) is 5.75 Å². The molecule has 4 rings (SSSR count). The van der Waals surface area contributed by atoms with Gasteiger partial charge < -0.3 is 14.5 Å². The van der Waals surface area contributed by atoms with Crippen LogP contribution >= 0.6 is 0 Å². The Bertz CT molecular complexity index is 1010. The second-order valence-electron chi connectivity index (χ2n) is 7.40. The predicted molar refractivity (Wildman–Crippen MR) is 111 cm³/mol. The van der Waals surface area contributed by atoms with Gasteiger partial charge in [-0.3, -0.25) is 9.20 Å². The minimum absolute atomic E-state index is 0.0115. The quantitative estimate of drug-likeness (QED) is 0.662. The number of aromatic nitrogens is 4. The molecule has 1 aliphatic rings. The van der Waals surface area contributed by atoms with Crippen LogP contribution in [-0.2, 0) is 0 Å². The molecule has 0 bridgehead atoms. The van der Waals surface area contributed by atoms with Gasteiger partial charge in [0.15, 0.2) is 0 Å². The second-order valence-corrected chi connectivity index (χ2v) is 7.40. The van der Waals surface area contributed by atoms with E-state index < -0.39 is 0 Å². The summed E-state index contributed by atoms with van der Waals surface area (Å²) in [6.45, 7) is 9.45. The zero-order valence-electron chi connectivity index (χ0n) is 17.1. The van der Waals surface area contributed by atoms with Gasteiger partial charge in [0.05, 0.1) is 12.2 Å². The fourth-order valence-electron chi connectivity index (χ4n) is 3.66. The molecule has 1 amide bonds. The van der Waals surface area contributed by atoms with E-state index in [2.05, 4.69) is 40.0 Å². The first-order valence-corrected chi connectivity index (χ1v) is 10.0. The van der Waals surface area contributed by atoms with E-state index in [9.17, 15) is 4.79 Å². The number of ether oxygens (including phenoxy) is 1. The summed E-state index contributed by atoms with van der Waals surface area (Å²) in [6, 6.07) is 9.53. The van der Waals surface area contributed by atoms with Crippen LogP contribution in [0.5, 0.6) is 5.75 Å². The highest BCUT2D eigenvalue weighted by atomic mass is 16.5. The van der Waals surface area contributed by atoms with Gasteiger partial charge in [-0.1, -0.05) is 26.0 Å². The molecular formula is C21H26N6O2. The lowest BCUT2D eigenvalue weighted by Crippen LogP contribution is -2.49. The monoisotopic (exact) mass is 394 g/mol. The summed E-state index contributed by atoms with van der Waals surface area (Å²) in [5, 5.41) is 8.11. The van der Waals surface area contributed by atoms with Gasteiger partial charge in [0.2, 0.25) is 0 Å². The highest BCUT2D eigenvalue weighted by molar-refractivity contribution is 5.97. The number of rotatable bonds is 5. The van der Waals surface area contributed by atoms with Crippen LogP contribution in [0.3, 0.4) is 0 Å². The summed E-state index contributed by atoms with van der Waals surface area (Å²) >= 11 is 0. The highest BCUT2D eigenvalue weighted by Gasteiger charge is 2.25. The van der Waals surface area contributed by atoms with Crippen molar-refractivity contribution in [2.24, 2.45) is 0 Å². The molecular weight excluding hydrogens is 368 g/mol. The Morgan fingerprint density at radius 1 is 1.17 bits per heavy atom. The van der Waals surface area contributed by atoms with Gasteiger partial charge in [-0.2, -0.15) is 4.98 Å². The number of carbonyl (C=O) groups is 1. The summed E-state index contributed by atoms with van der Waals surface area (Å²) in [7, 11) is 0. The number of amides is 1. The van der Waals surface area contributed by atoms with E-state index in [1.165, 1.54) is 0 Å². The van der Waals surface area contributed by atoms with Crippen LogP contribution in [0.4, 0.5) is 5.82 Å². The number of anilines is 1. The van der Waals surface area contributed by atoms with E-state index in [4.69, 9.17) is 4.74 Å². The third kappa shape index (κ3) is 3.74. The van der Waals surface area contributed by atoms with Crippen molar-refractivity contribution in [3.05, 3.63) is 47.9 Å². The molecule has 0 spiro atoms. The standard InChI is InChI=1S/C21H26N6O2/c1-4-29-18-8-6-5-7-16(18)20(28)26-11-9-25(10-12-26)19-13-17(15(2)3)27-14-22-24-21(27)23-19/h5-8,13-15H,4,9-12H2,1-3H3. The smallest absolute Gasteiger partial charge is 0.257 e. The normalized spacial score (nSPS) is 14.6. The van der Waals surface area contributed by atoms with E-state index in [1.807, 2.05) is 40.5 Å². The molecule has 0 saturated carbocycles. The Balaban J connectivity index is 1.50. The zero-order valence-corrected chi connectivity index (χ0v) is 17.1. The largest absolute Gasteiger partial charge is 0.493 e. The van der Waals surface area contributed by atoms with Crippen LogP contribution in [0.1, 0.15) is 42.7 Å². The molecule has 0 N–H and O–H groups in total. The maximum absolute atomic E-state index is 13.0. The number of hydrogen-bond acceptors (Lipinski definition) is 6. The fraction of sp³-hybridized carbons (Fsp3) is 0.429. The summed E-state index contributed by atoms with van der Waals surface area (Å²) in [4.78, 5) is 21.8. The van der Waals surface area contributed by atoms with Crippen LogP contribution < -0.4 is 9.64 Å². The van der Waals surface area contributed by atoms with Crippen molar-refractivity contribution >= 4 is 17.5 Å². The third-order valence-electron chi connectivity index (χ3n) is 5.20. The Kier molecular flexibility index (Phi) is 5.33. The maximum atomic E-state index is 13.0. The van der Waals surface area contributed by atoms with Crippen molar-refractivity contribution in [1.29, 1.82) is 0 Å². The molecule has 1 aliphatic heterocycles. The molecule has 1 saturated heterocycles. The lowest BCUT2D eigenvalue weighted by molar-refractivity contribution is 0.0742. The SMILES string of the molecule is CCOc1ccccc1C(=O)N1CCN(c2cc(C(C)C)n3cnnc3n2)CC1. The molecule has 0 aliphatic carbocycles. The van der Waals surface area contributed by atoms with Crippen LogP contribution in [-0.4, -0.2) is 63.2 Å². The molecule has 0 radical (unpaired) electrons. The van der Waals surface area contributed by atoms with E-state index in [-0.39, 0.29) is 5.91 Å². The molecule has 152 valence electrons. The van der Waals surface area contributed by atoms with Crippen molar-refractivity contribution in [2.75, 3.05) is 37.7 Å². The number of benzene rings is 1. The number of hydrogen-bond donors (Lipinski definition) is 0. The van der Waals surface area contributed by atoms with Gasteiger partial charge in [-0.05, 0) is 25.0 Å². The Hall–Kier alpha value is -3.16. The molecule has 29 heavy (non-hydrogen) atoms. The van der Waals surface area contributed by atoms with Gasteiger partial charge in [0.25, 0.3) is 11.7 Å². The Labute approximate surface area is 170 Å². The average Bonchev–Trinajstić information content (AvgIpc) is 3.22. The number of nitrogens with zero attached hydrogens (tertiary/aromatic N) is 6. The van der Waals surface area contributed by atoms with Crippen molar-refractivity contribution in [1.82, 2.24) is 24.5 Å². The minimum atomic E-state index is 0.0115. The van der Waals surface area contributed by atoms with Gasteiger partial charge in [-0.25, -0.2) is 0 Å². The van der Waals surface area contributed by atoms with Crippen molar-refractivity contribution in [2.45, 2.75) is 26.7 Å². The van der Waals surface area contributed by atoms with Crippen LogP contribution in [0, 0.1) is 0 Å². The van der Waals surface area contributed by atoms with Gasteiger partial charge in [-0.15, -0.1) is 10.2 Å². The minimum Gasteiger partial charge on any atom is -0.493 e. The van der Waals surface area contributed by atoms with Gasteiger partial charge in [0, 0.05) is 37.9 Å². The van der Waals surface area contributed by atoms with Gasteiger partial charge >= 0.3 is 0 Å². The third-order valence-corrected chi connectivity index (χ3v) is 5.20. The summed E-state index contributed by atoms with van der Waals surface area (Å²) in [6.07, 6.45) is 1.70. The number of piperazine rings is 1. The molecule has 3 heterocycles. The lowest BCUT2D eigenvalue weighted by Gasteiger charge is -2.35. The summed E-state index contributed by atoms with van der Waals surface area (Å²) in [5.41, 5.74) is 1.74. The first-order chi connectivity index (χ1) is 14.1. The lowest BCUT2D eigenvalue weighted by atomic mass is 10.1. The average molecular weight is 394 g/mol. The van der Waals surface area contributed by atoms with Crippen LogP contribution in [0.25, 0.3) is 5.78 Å². The predicted octanol–water partition coefficient (Wildman–Crippen LogP) is 2.61. The molecule has 8 nitrogen and oxygen atoms in total. The molecule has 0 atom stereocenters. The topological polar surface area (TPSA) is 75.9 Å². The fourth-order valence-corrected chi connectivity index (χ4v) is 3.66. The summed E-state index contributed by atoms with van der Waals surface area (Å²) in [5.74, 6) is 2.47. The highest BCUT2D eigenvalue weighted by Crippen LogP contribution is 2.24.